The summed E-state index contributed by atoms with van der Waals surface area (Å²) in [6.07, 6.45) is 0.816. The van der Waals surface area contributed by atoms with Gasteiger partial charge in [-0.3, -0.25) is 4.79 Å². The summed E-state index contributed by atoms with van der Waals surface area (Å²) in [5.74, 6) is 0.00107. The second kappa shape index (κ2) is 3.98. The van der Waals surface area contributed by atoms with Crippen molar-refractivity contribution in [3.05, 3.63) is 71.8 Å². The summed E-state index contributed by atoms with van der Waals surface area (Å²) in [6.45, 7) is 0. The van der Waals surface area contributed by atoms with Crippen LogP contribution < -0.4 is 5.73 Å². The van der Waals surface area contributed by atoms with Crippen molar-refractivity contribution in [1.82, 2.24) is 0 Å². The van der Waals surface area contributed by atoms with Gasteiger partial charge in [-0.25, -0.2) is 0 Å². The van der Waals surface area contributed by atoms with E-state index < -0.39 is 5.41 Å². The smallest absolute Gasteiger partial charge is 0.228 e. The number of amides is 1. The number of nitrogens with two attached hydrogens (primary N) is 1. The number of hydrogen-bond donors (Lipinski definition) is 1. The zero-order chi connectivity index (χ0) is 12.6. The fourth-order valence-corrected chi connectivity index (χ4v) is 2.82. The van der Waals surface area contributed by atoms with Crippen LogP contribution in [0.3, 0.4) is 0 Å². The Kier molecular flexibility index (Phi) is 2.44. The Bertz CT molecular complexity index is 564. The van der Waals surface area contributed by atoms with Crippen LogP contribution in [0.2, 0.25) is 0 Å². The van der Waals surface area contributed by atoms with Gasteiger partial charge in [0, 0.05) is 5.92 Å². The van der Waals surface area contributed by atoms with Crippen molar-refractivity contribution in [3.8, 4) is 0 Å². The highest BCUT2D eigenvalue weighted by atomic mass is 16.1. The molecule has 0 aromatic heterocycles. The normalized spacial score (nSPS) is 25.7. The average Bonchev–Trinajstić information content (AvgIpc) is 3.18. The Morgan fingerprint density at radius 1 is 1.00 bits per heavy atom. The van der Waals surface area contributed by atoms with E-state index in [4.69, 9.17) is 5.73 Å². The van der Waals surface area contributed by atoms with Gasteiger partial charge in [0.15, 0.2) is 0 Å². The quantitative estimate of drug-likeness (QED) is 0.876. The van der Waals surface area contributed by atoms with E-state index in [1.807, 2.05) is 48.5 Å². The van der Waals surface area contributed by atoms with Gasteiger partial charge >= 0.3 is 0 Å². The molecule has 0 spiro atoms. The van der Waals surface area contributed by atoms with Gasteiger partial charge in [-0.2, -0.15) is 0 Å². The molecule has 0 aliphatic heterocycles. The summed E-state index contributed by atoms with van der Waals surface area (Å²) in [7, 11) is 0. The van der Waals surface area contributed by atoms with Gasteiger partial charge in [-0.05, 0) is 17.5 Å². The van der Waals surface area contributed by atoms with Crippen LogP contribution in [0.4, 0.5) is 0 Å². The minimum absolute atomic E-state index is 0.220. The van der Waals surface area contributed by atoms with Gasteiger partial charge in [-0.1, -0.05) is 60.7 Å². The molecule has 0 saturated heterocycles. The Labute approximate surface area is 106 Å². The highest BCUT2D eigenvalue weighted by molar-refractivity contribution is 5.92. The van der Waals surface area contributed by atoms with Crippen LogP contribution in [0.25, 0.3) is 0 Å². The maximum absolute atomic E-state index is 11.9. The second-order valence-corrected chi connectivity index (χ2v) is 4.87. The molecule has 0 heterocycles. The van der Waals surface area contributed by atoms with Crippen molar-refractivity contribution in [3.63, 3.8) is 0 Å². The van der Waals surface area contributed by atoms with Crippen LogP contribution >= 0.6 is 0 Å². The van der Waals surface area contributed by atoms with Crippen LogP contribution in [0.1, 0.15) is 23.5 Å². The second-order valence-electron chi connectivity index (χ2n) is 4.87. The Hall–Kier alpha value is -2.09. The summed E-state index contributed by atoms with van der Waals surface area (Å²) in [5, 5.41) is 0. The SMILES string of the molecule is NC(=O)[C@@]1(c2ccccc2)C[C@@H]1c1ccccc1. The molecule has 90 valence electrons. The summed E-state index contributed by atoms with van der Waals surface area (Å²) < 4.78 is 0. The van der Waals surface area contributed by atoms with Crippen LogP contribution in [0, 0.1) is 0 Å². The molecule has 2 nitrogen and oxygen atoms in total. The van der Waals surface area contributed by atoms with Crippen LogP contribution in [-0.4, -0.2) is 5.91 Å². The van der Waals surface area contributed by atoms with Crippen LogP contribution in [0.15, 0.2) is 60.7 Å². The predicted molar refractivity (Wildman–Crippen MR) is 71.1 cm³/mol. The van der Waals surface area contributed by atoms with E-state index in [9.17, 15) is 4.79 Å². The first-order valence-corrected chi connectivity index (χ1v) is 6.15. The summed E-state index contributed by atoms with van der Waals surface area (Å²) >= 11 is 0. The van der Waals surface area contributed by atoms with E-state index in [0.717, 1.165) is 12.0 Å². The van der Waals surface area contributed by atoms with E-state index >= 15 is 0 Å². The van der Waals surface area contributed by atoms with Crippen molar-refractivity contribution >= 4 is 5.91 Å². The summed E-state index contributed by atoms with van der Waals surface area (Å²) in [5.41, 5.74) is 7.38. The summed E-state index contributed by atoms with van der Waals surface area (Å²) in [4.78, 5) is 11.9. The zero-order valence-electron chi connectivity index (χ0n) is 10.0. The van der Waals surface area contributed by atoms with Crippen molar-refractivity contribution in [2.24, 2.45) is 5.73 Å². The van der Waals surface area contributed by atoms with Gasteiger partial charge < -0.3 is 5.73 Å². The lowest BCUT2D eigenvalue weighted by atomic mass is 9.90. The van der Waals surface area contributed by atoms with Crippen molar-refractivity contribution in [1.29, 1.82) is 0 Å². The number of carbonyl (C=O) groups excluding carboxylic acids is 1. The van der Waals surface area contributed by atoms with E-state index in [-0.39, 0.29) is 11.8 Å². The number of carbonyl (C=O) groups is 1. The van der Waals surface area contributed by atoms with Crippen molar-refractivity contribution < 1.29 is 4.79 Å². The molecular weight excluding hydrogens is 222 g/mol. The van der Waals surface area contributed by atoms with E-state index in [1.165, 1.54) is 5.56 Å². The number of hydrogen-bond acceptors (Lipinski definition) is 1. The monoisotopic (exact) mass is 237 g/mol. The third-order valence-corrected chi connectivity index (χ3v) is 3.89. The predicted octanol–water partition coefficient (Wildman–Crippen LogP) is 2.60. The highest BCUT2D eigenvalue weighted by Crippen LogP contribution is 2.60. The van der Waals surface area contributed by atoms with E-state index in [2.05, 4.69) is 12.1 Å². The molecule has 2 N–H and O–H groups in total. The van der Waals surface area contributed by atoms with Gasteiger partial charge in [0.1, 0.15) is 0 Å². The Morgan fingerprint density at radius 3 is 2.11 bits per heavy atom. The molecular formula is C16H15NO. The van der Waals surface area contributed by atoms with Gasteiger partial charge in [0.05, 0.1) is 5.41 Å². The van der Waals surface area contributed by atoms with E-state index in [0.29, 0.717) is 0 Å². The molecule has 1 aliphatic carbocycles. The first kappa shape index (κ1) is 11.0. The fraction of sp³-hybridized carbons (Fsp3) is 0.188. The fourth-order valence-electron chi connectivity index (χ4n) is 2.82. The average molecular weight is 237 g/mol. The lowest BCUT2D eigenvalue weighted by Crippen LogP contribution is -2.30. The molecule has 2 aromatic rings. The minimum atomic E-state index is -0.497. The zero-order valence-corrected chi connectivity index (χ0v) is 10.0. The van der Waals surface area contributed by atoms with Gasteiger partial charge in [0.2, 0.25) is 5.91 Å². The maximum Gasteiger partial charge on any atom is 0.228 e. The molecule has 1 amide bonds. The van der Waals surface area contributed by atoms with Gasteiger partial charge in [0.25, 0.3) is 0 Å². The Balaban J connectivity index is 2.01. The molecule has 2 atom stereocenters. The standard InChI is InChI=1S/C16H15NO/c17-15(18)16(13-9-5-2-6-10-13)11-14(16)12-7-3-1-4-8-12/h1-10,14H,11H2,(H2,17,18)/t14-,16-/m1/s1. The van der Waals surface area contributed by atoms with E-state index in [1.54, 1.807) is 0 Å². The van der Waals surface area contributed by atoms with Crippen LogP contribution in [-0.2, 0) is 10.2 Å². The lowest BCUT2D eigenvalue weighted by molar-refractivity contribution is -0.120. The van der Waals surface area contributed by atoms with Crippen molar-refractivity contribution in [2.75, 3.05) is 0 Å². The molecule has 0 bridgehead atoms. The Morgan fingerprint density at radius 2 is 1.56 bits per heavy atom. The molecule has 1 aliphatic rings. The molecule has 2 aromatic carbocycles. The maximum atomic E-state index is 11.9. The number of primary amides is 1. The first-order chi connectivity index (χ1) is 8.75. The molecule has 0 radical (unpaired) electrons. The number of rotatable bonds is 3. The molecule has 1 saturated carbocycles. The van der Waals surface area contributed by atoms with Crippen LogP contribution in [0.5, 0.6) is 0 Å². The molecule has 1 fully saturated rings. The summed E-state index contributed by atoms with van der Waals surface area (Å²) in [6, 6.07) is 20.0. The van der Waals surface area contributed by atoms with Gasteiger partial charge in [-0.15, -0.1) is 0 Å². The molecule has 18 heavy (non-hydrogen) atoms. The topological polar surface area (TPSA) is 43.1 Å². The third kappa shape index (κ3) is 1.53. The largest absolute Gasteiger partial charge is 0.369 e. The molecule has 2 heteroatoms. The third-order valence-electron chi connectivity index (χ3n) is 3.89. The lowest BCUT2D eigenvalue weighted by Gasteiger charge is -2.14. The van der Waals surface area contributed by atoms with Crippen molar-refractivity contribution in [2.45, 2.75) is 17.8 Å². The first-order valence-electron chi connectivity index (χ1n) is 6.15. The molecule has 0 unspecified atom stereocenters. The molecule has 3 rings (SSSR count). The number of benzene rings is 2. The highest BCUT2D eigenvalue weighted by Gasteiger charge is 2.60. The minimum Gasteiger partial charge on any atom is -0.369 e.